The molecule has 0 amide bonds. The zero-order chi connectivity index (χ0) is 13.1. The van der Waals surface area contributed by atoms with Crippen LogP contribution in [0.2, 0.25) is 0 Å². The van der Waals surface area contributed by atoms with Crippen LogP contribution in [0.1, 0.15) is 6.92 Å². The topological polar surface area (TPSA) is 63.0 Å². The largest absolute Gasteiger partial charge is 1.00 e. The van der Waals surface area contributed by atoms with Crippen molar-refractivity contribution in [2.75, 3.05) is 6.61 Å². The van der Waals surface area contributed by atoms with E-state index in [-0.39, 0.29) is 30.3 Å². The lowest BCUT2D eigenvalue weighted by atomic mass is 10.2. The quantitative estimate of drug-likeness (QED) is 0.523. The van der Waals surface area contributed by atoms with Crippen LogP contribution < -0.4 is 22.5 Å². The predicted molar refractivity (Wildman–Crippen MR) is 69.1 cm³/mol. The second-order valence-corrected chi connectivity index (χ2v) is 4.64. The zero-order valence-corrected chi connectivity index (χ0v) is 12.5. The minimum Gasteiger partial charge on any atom is -1.00 e. The SMILES string of the molecule is CCOC(=O)C[n+]1cc(=O)c2cc(Br)ccc2[nH]1.[Cl-]. The summed E-state index contributed by atoms with van der Waals surface area (Å²) in [4.78, 5) is 23.2. The summed E-state index contributed by atoms with van der Waals surface area (Å²) >= 11 is 3.31. The van der Waals surface area contributed by atoms with Gasteiger partial charge in [-0.05, 0) is 25.1 Å². The molecule has 0 saturated heterocycles. The normalized spacial score (nSPS) is 10.0. The Morgan fingerprint density at radius 2 is 2.21 bits per heavy atom. The molecule has 102 valence electrons. The Bertz CT molecular complexity index is 657. The number of nitrogens with one attached hydrogen (secondary N) is 1. The van der Waals surface area contributed by atoms with Crippen molar-refractivity contribution < 1.29 is 26.6 Å². The number of fused-ring (bicyclic) bond motifs is 1. The third kappa shape index (κ3) is 3.78. The summed E-state index contributed by atoms with van der Waals surface area (Å²) in [5.41, 5.74) is 0.532. The molecule has 0 aliphatic heterocycles. The molecule has 2 rings (SSSR count). The van der Waals surface area contributed by atoms with Crippen molar-refractivity contribution in [3.63, 3.8) is 0 Å². The van der Waals surface area contributed by atoms with Crippen molar-refractivity contribution in [1.82, 2.24) is 5.10 Å². The fourth-order valence-electron chi connectivity index (χ4n) is 1.65. The first-order valence-electron chi connectivity index (χ1n) is 5.48. The molecule has 1 aromatic heterocycles. The van der Waals surface area contributed by atoms with Gasteiger partial charge in [-0.15, -0.1) is 4.68 Å². The maximum atomic E-state index is 11.9. The highest BCUT2D eigenvalue weighted by Gasteiger charge is 2.13. The second-order valence-electron chi connectivity index (χ2n) is 3.73. The number of nitrogens with zero attached hydrogens (tertiary/aromatic N) is 1. The van der Waals surface area contributed by atoms with E-state index in [9.17, 15) is 9.59 Å². The van der Waals surface area contributed by atoms with Crippen LogP contribution in [0.5, 0.6) is 0 Å². The zero-order valence-electron chi connectivity index (χ0n) is 10.2. The molecule has 1 aromatic carbocycles. The number of halogens is 2. The molecule has 0 atom stereocenters. The number of benzene rings is 1. The van der Waals surface area contributed by atoms with E-state index in [1.54, 1.807) is 19.1 Å². The van der Waals surface area contributed by atoms with E-state index < -0.39 is 0 Å². The van der Waals surface area contributed by atoms with Gasteiger partial charge in [0, 0.05) is 4.47 Å². The molecule has 0 aliphatic carbocycles. The number of carbonyl (C=O) groups is 1. The van der Waals surface area contributed by atoms with Gasteiger partial charge in [-0.25, -0.2) is 4.79 Å². The van der Waals surface area contributed by atoms with Crippen LogP contribution in [-0.2, 0) is 16.1 Å². The Labute approximate surface area is 124 Å². The lowest BCUT2D eigenvalue weighted by Gasteiger charge is -2.00. The predicted octanol–water partition coefficient (Wildman–Crippen LogP) is -1.85. The number of carbonyl (C=O) groups excluding carboxylic acids is 1. The molecule has 1 N–H and O–H groups in total. The molecular weight excluding hydrogens is 336 g/mol. The molecule has 1 heterocycles. The van der Waals surface area contributed by atoms with E-state index in [4.69, 9.17) is 4.74 Å². The number of ether oxygens (including phenoxy) is 1. The molecule has 0 unspecified atom stereocenters. The number of aromatic amines is 1. The van der Waals surface area contributed by atoms with Gasteiger partial charge in [-0.2, -0.15) is 5.10 Å². The Hall–Kier alpha value is -1.40. The first-order chi connectivity index (χ1) is 8.60. The van der Waals surface area contributed by atoms with Gasteiger partial charge >= 0.3 is 5.97 Å². The highest BCUT2D eigenvalue weighted by atomic mass is 79.9. The fourth-order valence-corrected chi connectivity index (χ4v) is 2.01. The number of hydrogen-bond donors (Lipinski definition) is 1. The van der Waals surface area contributed by atoms with Crippen LogP contribution in [0.3, 0.4) is 0 Å². The van der Waals surface area contributed by atoms with Gasteiger partial charge in [0.15, 0.2) is 0 Å². The molecular formula is C12H12BrClN2O3. The van der Waals surface area contributed by atoms with Crippen molar-refractivity contribution in [2.24, 2.45) is 0 Å². The summed E-state index contributed by atoms with van der Waals surface area (Å²) in [5.74, 6) is -0.380. The number of hydrogen-bond acceptors (Lipinski definition) is 3. The first kappa shape index (κ1) is 15.7. The fraction of sp³-hybridized carbons (Fsp3) is 0.250. The number of aromatic nitrogens is 2. The van der Waals surface area contributed by atoms with Gasteiger partial charge in [0.25, 0.3) is 12.0 Å². The maximum Gasteiger partial charge on any atom is 0.375 e. The molecule has 0 radical (unpaired) electrons. The molecule has 2 aromatic rings. The number of rotatable bonds is 3. The standard InChI is InChI=1S/C12H11BrN2O3.ClH/c1-2-18-12(17)7-15-6-11(16)9-5-8(13)3-4-10(9)14-15;/h3-6H,2,7H2,1H3;1H. The Morgan fingerprint density at radius 1 is 1.47 bits per heavy atom. The van der Waals surface area contributed by atoms with E-state index in [1.807, 2.05) is 6.07 Å². The summed E-state index contributed by atoms with van der Waals surface area (Å²) in [6.45, 7) is 2.06. The average Bonchev–Trinajstić information content (AvgIpc) is 2.30. The van der Waals surface area contributed by atoms with Gasteiger partial charge in [0.05, 0.1) is 12.0 Å². The molecule has 0 fully saturated rings. The smallest absolute Gasteiger partial charge is 0.375 e. The third-order valence-corrected chi connectivity index (χ3v) is 2.88. The average molecular weight is 348 g/mol. The highest BCUT2D eigenvalue weighted by molar-refractivity contribution is 9.10. The number of esters is 1. The third-order valence-electron chi connectivity index (χ3n) is 2.39. The Morgan fingerprint density at radius 3 is 2.89 bits per heavy atom. The van der Waals surface area contributed by atoms with Crippen molar-refractivity contribution in [3.8, 4) is 0 Å². The van der Waals surface area contributed by atoms with Crippen molar-refractivity contribution in [2.45, 2.75) is 13.5 Å². The van der Waals surface area contributed by atoms with Gasteiger partial charge in [-0.3, -0.25) is 4.79 Å². The van der Waals surface area contributed by atoms with Crippen molar-refractivity contribution in [1.29, 1.82) is 0 Å². The molecule has 0 bridgehead atoms. The summed E-state index contributed by atoms with van der Waals surface area (Å²) in [5, 5.41) is 3.55. The van der Waals surface area contributed by atoms with E-state index in [0.29, 0.717) is 17.5 Å². The van der Waals surface area contributed by atoms with Crippen LogP contribution in [0.4, 0.5) is 0 Å². The molecule has 0 spiro atoms. The van der Waals surface area contributed by atoms with Crippen LogP contribution in [0.15, 0.2) is 33.7 Å². The van der Waals surface area contributed by atoms with Crippen LogP contribution in [0, 0.1) is 0 Å². The highest BCUT2D eigenvalue weighted by Crippen LogP contribution is 2.13. The summed E-state index contributed by atoms with van der Waals surface area (Å²) in [6.07, 6.45) is 1.35. The van der Waals surface area contributed by atoms with Crippen molar-refractivity contribution >= 4 is 32.8 Å². The monoisotopic (exact) mass is 346 g/mol. The van der Waals surface area contributed by atoms with Gasteiger partial charge < -0.3 is 17.1 Å². The van der Waals surface area contributed by atoms with Crippen LogP contribution in [-0.4, -0.2) is 17.7 Å². The van der Waals surface area contributed by atoms with Gasteiger partial charge in [-0.1, -0.05) is 15.9 Å². The number of H-pyrrole nitrogens is 1. The lowest BCUT2D eigenvalue weighted by molar-refractivity contribution is -0.741. The summed E-state index contributed by atoms with van der Waals surface area (Å²) in [6, 6.07) is 5.35. The van der Waals surface area contributed by atoms with E-state index >= 15 is 0 Å². The van der Waals surface area contributed by atoms with E-state index in [0.717, 1.165) is 4.47 Å². The van der Waals surface area contributed by atoms with E-state index in [2.05, 4.69) is 21.0 Å². The Balaban J connectivity index is 0.00000180. The summed E-state index contributed by atoms with van der Waals surface area (Å²) < 4.78 is 7.09. The summed E-state index contributed by atoms with van der Waals surface area (Å²) in [7, 11) is 0. The van der Waals surface area contributed by atoms with E-state index in [1.165, 1.54) is 10.9 Å². The Kier molecular flexibility index (Phi) is 5.50. The van der Waals surface area contributed by atoms with Crippen LogP contribution in [0.25, 0.3) is 10.9 Å². The molecule has 19 heavy (non-hydrogen) atoms. The van der Waals surface area contributed by atoms with Crippen molar-refractivity contribution in [3.05, 3.63) is 39.1 Å². The second kappa shape index (κ2) is 6.68. The first-order valence-corrected chi connectivity index (χ1v) is 6.27. The molecule has 5 nitrogen and oxygen atoms in total. The molecule has 0 aliphatic rings. The minimum atomic E-state index is -0.380. The van der Waals surface area contributed by atoms with Gasteiger partial charge in [0.2, 0.25) is 6.20 Å². The maximum absolute atomic E-state index is 11.9. The van der Waals surface area contributed by atoms with Crippen LogP contribution >= 0.6 is 15.9 Å². The molecule has 7 heteroatoms. The molecule has 0 saturated carbocycles. The van der Waals surface area contributed by atoms with Gasteiger partial charge in [0.1, 0.15) is 5.52 Å². The lowest BCUT2D eigenvalue weighted by Crippen LogP contribution is -3.00. The minimum absolute atomic E-state index is 0.